The summed E-state index contributed by atoms with van der Waals surface area (Å²) >= 11 is 1.75. The van der Waals surface area contributed by atoms with Crippen LogP contribution in [0.5, 0.6) is 5.75 Å². The standard InChI is InChI=1S/C17H14OS/c1-11-9-14(18)7-8-15(11)12(2)17-10-13-5-3-4-6-16(13)19-17/h3-10,18H,2H2,1H3. The van der Waals surface area contributed by atoms with Gasteiger partial charge in [-0.2, -0.15) is 0 Å². The second kappa shape index (κ2) is 4.56. The molecule has 0 aliphatic rings. The topological polar surface area (TPSA) is 20.2 Å². The Labute approximate surface area is 116 Å². The first-order chi connectivity index (χ1) is 9.15. The molecule has 19 heavy (non-hydrogen) atoms. The number of hydrogen-bond donors (Lipinski definition) is 1. The second-order valence-electron chi connectivity index (χ2n) is 4.63. The molecule has 0 atom stereocenters. The lowest BCUT2D eigenvalue weighted by molar-refractivity contribution is 0.475. The summed E-state index contributed by atoms with van der Waals surface area (Å²) in [5.41, 5.74) is 3.14. The Morgan fingerprint density at radius 3 is 2.63 bits per heavy atom. The fourth-order valence-corrected chi connectivity index (χ4v) is 3.30. The first-order valence-electron chi connectivity index (χ1n) is 6.13. The molecule has 0 bridgehead atoms. The Morgan fingerprint density at radius 2 is 1.89 bits per heavy atom. The molecule has 3 aromatic rings. The van der Waals surface area contributed by atoms with Crippen molar-refractivity contribution in [1.82, 2.24) is 0 Å². The number of rotatable bonds is 2. The predicted molar refractivity (Wildman–Crippen MR) is 82.8 cm³/mol. The molecular weight excluding hydrogens is 252 g/mol. The number of benzene rings is 2. The van der Waals surface area contributed by atoms with E-state index in [-0.39, 0.29) is 0 Å². The maximum atomic E-state index is 9.48. The molecule has 1 heterocycles. The molecule has 0 unspecified atom stereocenters. The van der Waals surface area contributed by atoms with Gasteiger partial charge in [-0.3, -0.25) is 0 Å². The molecule has 0 radical (unpaired) electrons. The van der Waals surface area contributed by atoms with E-state index in [9.17, 15) is 5.11 Å². The van der Waals surface area contributed by atoms with Crippen LogP contribution in [0.1, 0.15) is 16.0 Å². The molecule has 0 aliphatic heterocycles. The first kappa shape index (κ1) is 12.0. The molecule has 1 nitrogen and oxygen atoms in total. The molecule has 2 heteroatoms. The summed E-state index contributed by atoms with van der Waals surface area (Å²) in [5.74, 6) is 0.297. The SMILES string of the molecule is C=C(c1cc2ccccc2s1)c1ccc(O)cc1C. The quantitative estimate of drug-likeness (QED) is 0.693. The molecule has 1 aromatic heterocycles. The van der Waals surface area contributed by atoms with E-state index in [1.165, 1.54) is 15.0 Å². The molecular formula is C17H14OS. The average molecular weight is 266 g/mol. The van der Waals surface area contributed by atoms with Crippen molar-refractivity contribution in [2.45, 2.75) is 6.92 Å². The molecule has 0 spiro atoms. The van der Waals surface area contributed by atoms with Crippen LogP contribution in [0.15, 0.2) is 55.1 Å². The van der Waals surface area contributed by atoms with Crippen molar-refractivity contribution in [3.05, 3.63) is 71.1 Å². The fraction of sp³-hybridized carbons (Fsp3) is 0.0588. The molecule has 94 valence electrons. The molecule has 0 saturated heterocycles. The summed E-state index contributed by atoms with van der Waals surface area (Å²) in [7, 11) is 0. The Bertz CT molecular complexity index is 735. The van der Waals surface area contributed by atoms with Crippen molar-refractivity contribution in [3.63, 3.8) is 0 Å². The summed E-state index contributed by atoms with van der Waals surface area (Å²) in [6.45, 7) is 6.20. The van der Waals surface area contributed by atoms with Gasteiger partial charge in [0, 0.05) is 9.58 Å². The zero-order chi connectivity index (χ0) is 13.4. The van der Waals surface area contributed by atoms with Crippen LogP contribution in [-0.4, -0.2) is 5.11 Å². The highest BCUT2D eigenvalue weighted by atomic mass is 32.1. The van der Waals surface area contributed by atoms with Gasteiger partial charge in [-0.15, -0.1) is 11.3 Å². The van der Waals surface area contributed by atoms with E-state index in [4.69, 9.17) is 0 Å². The van der Waals surface area contributed by atoms with Gasteiger partial charge in [0.2, 0.25) is 0 Å². The highest BCUT2D eigenvalue weighted by molar-refractivity contribution is 7.20. The maximum absolute atomic E-state index is 9.48. The number of aryl methyl sites for hydroxylation is 1. The van der Waals surface area contributed by atoms with E-state index < -0.39 is 0 Å². The van der Waals surface area contributed by atoms with Crippen LogP contribution in [0.4, 0.5) is 0 Å². The lowest BCUT2D eigenvalue weighted by Crippen LogP contribution is -1.87. The van der Waals surface area contributed by atoms with E-state index in [2.05, 4.69) is 30.8 Å². The minimum atomic E-state index is 0.297. The molecule has 2 aromatic carbocycles. The lowest BCUT2D eigenvalue weighted by atomic mass is 10.0. The maximum Gasteiger partial charge on any atom is 0.115 e. The Hall–Kier alpha value is -2.06. The zero-order valence-electron chi connectivity index (χ0n) is 10.7. The summed E-state index contributed by atoms with van der Waals surface area (Å²) < 4.78 is 1.27. The third-order valence-electron chi connectivity index (χ3n) is 3.26. The van der Waals surface area contributed by atoms with E-state index >= 15 is 0 Å². The number of phenols is 1. The number of hydrogen-bond acceptors (Lipinski definition) is 2. The van der Waals surface area contributed by atoms with Gasteiger partial charge in [-0.05, 0) is 53.3 Å². The Balaban J connectivity index is 2.08. The van der Waals surface area contributed by atoms with Gasteiger partial charge in [-0.1, -0.05) is 30.8 Å². The normalized spacial score (nSPS) is 10.8. The van der Waals surface area contributed by atoms with Gasteiger partial charge >= 0.3 is 0 Å². The Kier molecular flexibility index (Phi) is 2.88. The number of fused-ring (bicyclic) bond motifs is 1. The monoisotopic (exact) mass is 266 g/mol. The molecule has 0 fully saturated rings. The van der Waals surface area contributed by atoms with Crippen molar-refractivity contribution in [2.75, 3.05) is 0 Å². The summed E-state index contributed by atoms with van der Waals surface area (Å²) in [4.78, 5) is 1.18. The van der Waals surface area contributed by atoms with Crippen LogP contribution in [0, 0.1) is 6.92 Å². The Morgan fingerprint density at radius 1 is 1.11 bits per heavy atom. The second-order valence-corrected chi connectivity index (χ2v) is 5.71. The number of thiophene rings is 1. The highest BCUT2D eigenvalue weighted by Gasteiger charge is 2.09. The summed E-state index contributed by atoms with van der Waals surface area (Å²) in [6, 6.07) is 15.9. The first-order valence-corrected chi connectivity index (χ1v) is 6.94. The smallest absolute Gasteiger partial charge is 0.115 e. The summed E-state index contributed by atoms with van der Waals surface area (Å²) in [5, 5.41) is 10.7. The van der Waals surface area contributed by atoms with Gasteiger partial charge in [0.1, 0.15) is 5.75 Å². The lowest BCUT2D eigenvalue weighted by Gasteiger charge is -2.07. The van der Waals surface area contributed by atoms with Crippen LogP contribution in [0.3, 0.4) is 0 Å². The average Bonchev–Trinajstić information content (AvgIpc) is 2.81. The van der Waals surface area contributed by atoms with Gasteiger partial charge in [0.15, 0.2) is 0 Å². The van der Waals surface area contributed by atoms with Crippen molar-refractivity contribution < 1.29 is 5.11 Å². The molecule has 3 rings (SSSR count). The van der Waals surface area contributed by atoms with Crippen molar-refractivity contribution in [1.29, 1.82) is 0 Å². The summed E-state index contributed by atoms with van der Waals surface area (Å²) in [6.07, 6.45) is 0. The van der Waals surface area contributed by atoms with Crippen LogP contribution in [-0.2, 0) is 0 Å². The van der Waals surface area contributed by atoms with Crippen LogP contribution in [0.25, 0.3) is 15.7 Å². The van der Waals surface area contributed by atoms with Crippen LogP contribution < -0.4 is 0 Å². The fourth-order valence-electron chi connectivity index (χ4n) is 2.25. The van der Waals surface area contributed by atoms with Crippen molar-refractivity contribution >= 4 is 27.0 Å². The van der Waals surface area contributed by atoms with Gasteiger partial charge in [0.05, 0.1) is 0 Å². The van der Waals surface area contributed by atoms with Crippen LogP contribution in [0.2, 0.25) is 0 Å². The molecule has 1 N–H and O–H groups in total. The van der Waals surface area contributed by atoms with Gasteiger partial charge in [-0.25, -0.2) is 0 Å². The third kappa shape index (κ3) is 2.15. The predicted octanol–water partition coefficient (Wildman–Crippen LogP) is 4.98. The van der Waals surface area contributed by atoms with Crippen molar-refractivity contribution in [3.8, 4) is 5.75 Å². The van der Waals surface area contributed by atoms with E-state index in [1.54, 1.807) is 23.5 Å². The third-order valence-corrected chi connectivity index (χ3v) is 4.43. The minimum Gasteiger partial charge on any atom is -0.508 e. The molecule has 0 saturated carbocycles. The minimum absolute atomic E-state index is 0.297. The van der Waals surface area contributed by atoms with E-state index in [0.29, 0.717) is 5.75 Å². The van der Waals surface area contributed by atoms with Crippen molar-refractivity contribution in [2.24, 2.45) is 0 Å². The molecule has 0 amide bonds. The highest BCUT2D eigenvalue weighted by Crippen LogP contribution is 2.34. The van der Waals surface area contributed by atoms with E-state index in [0.717, 1.165) is 16.7 Å². The van der Waals surface area contributed by atoms with Crippen LogP contribution >= 0.6 is 11.3 Å². The van der Waals surface area contributed by atoms with Gasteiger partial charge < -0.3 is 5.11 Å². The molecule has 0 aliphatic carbocycles. The zero-order valence-corrected chi connectivity index (χ0v) is 11.5. The largest absolute Gasteiger partial charge is 0.508 e. The number of phenolic OH excluding ortho intramolecular Hbond substituents is 1. The van der Waals surface area contributed by atoms with E-state index in [1.807, 2.05) is 19.1 Å². The van der Waals surface area contributed by atoms with Gasteiger partial charge in [0.25, 0.3) is 0 Å². The number of aromatic hydroxyl groups is 1.